The van der Waals surface area contributed by atoms with Crippen molar-refractivity contribution in [3.05, 3.63) is 18.2 Å². The van der Waals surface area contributed by atoms with Crippen LogP contribution >= 0.6 is 24.8 Å². The van der Waals surface area contributed by atoms with Gasteiger partial charge in [-0.15, -0.1) is 24.8 Å². The summed E-state index contributed by atoms with van der Waals surface area (Å²) in [5, 5.41) is 0. The highest BCUT2D eigenvalue weighted by molar-refractivity contribution is 5.85. The maximum Gasteiger partial charge on any atom is 0.120 e. The number of aromatic nitrogens is 2. The Morgan fingerprint density at radius 1 is 1.20 bits per heavy atom. The molecule has 0 bridgehead atoms. The molecule has 1 heterocycles. The van der Waals surface area contributed by atoms with Crippen molar-refractivity contribution < 1.29 is 0 Å². The summed E-state index contributed by atoms with van der Waals surface area (Å²) >= 11 is 0. The number of rotatable bonds is 6. The molecule has 0 radical (unpaired) electrons. The lowest BCUT2D eigenvalue weighted by Crippen LogP contribution is -2.25. The van der Waals surface area contributed by atoms with Gasteiger partial charge in [0.2, 0.25) is 0 Å². The van der Waals surface area contributed by atoms with E-state index in [0.29, 0.717) is 0 Å². The standard InChI is InChI=1S/C10H19N3.2ClH/c1-3-7-13(8-4-2)9-10-11-5-6-12-10;;/h5-6H,3-4,7-9H2,1-2H3,(H,11,12);2*1H. The van der Waals surface area contributed by atoms with E-state index < -0.39 is 0 Å². The van der Waals surface area contributed by atoms with Crippen LogP contribution < -0.4 is 0 Å². The Labute approximate surface area is 104 Å². The van der Waals surface area contributed by atoms with Gasteiger partial charge in [0.1, 0.15) is 5.82 Å². The largest absolute Gasteiger partial charge is 0.348 e. The number of H-pyrrole nitrogens is 1. The first-order valence-electron chi connectivity index (χ1n) is 5.07. The maximum absolute atomic E-state index is 4.22. The smallest absolute Gasteiger partial charge is 0.120 e. The Morgan fingerprint density at radius 3 is 2.20 bits per heavy atom. The summed E-state index contributed by atoms with van der Waals surface area (Å²) in [7, 11) is 0. The highest BCUT2D eigenvalue weighted by atomic mass is 35.5. The molecule has 0 saturated heterocycles. The molecule has 1 rings (SSSR count). The minimum absolute atomic E-state index is 0. The van der Waals surface area contributed by atoms with E-state index in [1.807, 2.05) is 12.4 Å². The molecule has 0 aromatic carbocycles. The molecule has 0 aliphatic carbocycles. The molecular weight excluding hydrogens is 233 g/mol. The average molecular weight is 254 g/mol. The normalized spacial score (nSPS) is 9.53. The van der Waals surface area contributed by atoms with E-state index in [9.17, 15) is 0 Å². The Balaban J connectivity index is 0. The van der Waals surface area contributed by atoms with Gasteiger partial charge in [-0.05, 0) is 25.9 Å². The van der Waals surface area contributed by atoms with Gasteiger partial charge >= 0.3 is 0 Å². The van der Waals surface area contributed by atoms with Crippen molar-refractivity contribution in [1.82, 2.24) is 14.9 Å². The van der Waals surface area contributed by atoms with Crippen LogP contribution in [0.1, 0.15) is 32.5 Å². The molecule has 0 spiro atoms. The highest BCUT2D eigenvalue weighted by Crippen LogP contribution is 2.00. The van der Waals surface area contributed by atoms with Gasteiger partial charge in [0, 0.05) is 12.4 Å². The number of imidazole rings is 1. The first-order chi connectivity index (χ1) is 6.36. The van der Waals surface area contributed by atoms with Gasteiger partial charge in [-0.25, -0.2) is 4.98 Å². The number of aromatic amines is 1. The topological polar surface area (TPSA) is 31.9 Å². The number of nitrogens with zero attached hydrogens (tertiary/aromatic N) is 2. The van der Waals surface area contributed by atoms with Crippen LogP contribution in [0.15, 0.2) is 12.4 Å². The van der Waals surface area contributed by atoms with Crippen LogP contribution in [0.3, 0.4) is 0 Å². The molecular formula is C10H21Cl2N3. The van der Waals surface area contributed by atoms with Gasteiger partial charge in [-0.1, -0.05) is 13.8 Å². The lowest BCUT2D eigenvalue weighted by atomic mass is 10.3. The maximum atomic E-state index is 4.22. The zero-order valence-corrected chi connectivity index (χ0v) is 11.0. The number of hydrogen-bond acceptors (Lipinski definition) is 2. The molecule has 15 heavy (non-hydrogen) atoms. The second-order valence-electron chi connectivity index (χ2n) is 3.31. The molecule has 1 aromatic heterocycles. The van der Waals surface area contributed by atoms with Gasteiger partial charge < -0.3 is 4.98 Å². The zero-order chi connectivity index (χ0) is 9.52. The molecule has 0 amide bonds. The molecule has 0 aliphatic heterocycles. The van der Waals surface area contributed by atoms with Gasteiger partial charge in [0.15, 0.2) is 0 Å². The highest BCUT2D eigenvalue weighted by Gasteiger charge is 2.04. The van der Waals surface area contributed by atoms with Gasteiger partial charge in [-0.2, -0.15) is 0 Å². The first-order valence-corrected chi connectivity index (χ1v) is 5.07. The molecule has 5 heteroatoms. The summed E-state index contributed by atoms with van der Waals surface area (Å²) in [6.07, 6.45) is 6.11. The molecule has 0 unspecified atom stereocenters. The van der Waals surface area contributed by atoms with E-state index in [1.54, 1.807) is 0 Å². The number of halogens is 2. The number of hydrogen-bond donors (Lipinski definition) is 1. The lowest BCUT2D eigenvalue weighted by molar-refractivity contribution is 0.261. The molecule has 3 nitrogen and oxygen atoms in total. The summed E-state index contributed by atoms with van der Waals surface area (Å²) in [6, 6.07) is 0. The third-order valence-corrected chi connectivity index (χ3v) is 2.01. The SMILES string of the molecule is CCCN(CCC)Cc1ncc[nH]1.Cl.Cl. The third-order valence-electron chi connectivity index (χ3n) is 2.01. The van der Waals surface area contributed by atoms with Gasteiger partial charge in [0.25, 0.3) is 0 Å². The van der Waals surface area contributed by atoms with Crippen LogP contribution in [0.5, 0.6) is 0 Å². The predicted molar refractivity (Wildman–Crippen MR) is 68.9 cm³/mol. The summed E-state index contributed by atoms with van der Waals surface area (Å²) in [5.41, 5.74) is 0. The quantitative estimate of drug-likeness (QED) is 0.846. The van der Waals surface area contributed by atoms with Crippen molar-refractivity contribution in [2.75, 3.05) is 13.1 Å². The van der Waals surface area contributed by atoms with Gasteiger partial charge in [0.05, 0.1) is 6.54 Å². The Hall–Kier alpha value is -0.250. The Kier molecular flexibility index (Phi) is 11.7. The fourth-order valence-electron chi connectivity index (χ4n) is 1.50. The minimum atomic E-state index is 0. The molecule has 0 saturated carbocycles. The first kappa shape index (κ1) is 17.2. The van der Waals surface area contributed by atoms with Crippen LogP contribution in [0.4, 0.5) is 0 Å². The Morgan fingerprint density at radius 2 is 1.80 bits per heavy atom. The third kappa shape index (κ3) is 6.77. The van der Waals surface area contributed by atoms with Crippen LogP contribution in [0, 0.1) is 0 Å². The van der Waals surface area contributed by atoms with E-state index >= 15 is 0 Å². The van der Waals surface area contributed by atoms with Crippen molar-refractivity contribution >= 4 is 24.8 Å². The van der Waals surface area contributed by atoms with Crippen molar-refractivity contribution in [3.63, 3.8) is 0 Å². The molecule has 0 fully saturated rings. The lowest BCUT2D eigenvalue weighted by Gasteiger charge is -2.19. The average Bonchev–Trinajstić information content (AvgIpc) is 2.58. The van der Waals surface area contributed by atoms with Crippen molar-refractivity contribution in [2.24, 2.45) is 0 Å². The summed E-state index contributed by atoms with van der Waals surface area (Å²) in [5.74, 6) is 1.07. The second kappa shape index (κ2) is 10.3. The molecule has 1 N–H and O–H groups in total. The monoisotopic (exact) mass is 253 g/mol. The summed E-state index contributed by atoms with van der Waals surface area (Å²) in [4.78, 5) is 9.78. The van der Waals surface area contributed by atoms with Crippen LogP contribution in [-0.4, -0.2) is 28.0 Å². The van der Waals surface area contributed by atoms with Crippen LogP contribution in [-0.2, 0) is 6.54 Å². The summed E-state index contributed by atoms with van der Waals surface area (Å²) in [6.45, 7) is 7.70. The molecule has 0 aliphatic rings. The van der Waals surface area contributed by atoms with E-state index in [0.717, 1.165) is 25.5 Å². The second-order valence-corrected chi connectivity index (χ2v) is 3.31. The fraction of sp³-hybridized carbons (Fsp3) is 0.700. The molecule has 90 valence electrons. The van der Waals surface area contributed by atoms with E-state index in [2.05, 4.69) is 28.7 Å². The Bertz CT molecular complexity index is 208. The molecule has 1 aromatic rings. The van der Waals surface area contributed by atoms with Crippen LogP contribution in [0.2, 0.25) is 0 Å². The van der Waals surface area contributed by atoms with E-state index in [1.165, 1.54) is 12.8 Å². The van der Waals surface area contributed by atoms with Crippen molar-refractivity contribution in [2.45, 2.75) is 33.2 Å². The predicted octanol–water partition coefficient (Wildman–Crippen LogP) is 2.88. The van der Waals surface area contributed by atoms with E-state index in [4.69, 9.17) is 0 Å². The van der Waals surface area contributed by atoms with Crippen LogP contribution in [0.25, 0.3) is 0 Å². The van der Waals surface area contributed by atoms with Crippen molar-refractivity contribution in [3.8, 4) is 0 Å². The molecule has 0 atom stereocenters. The zero-order valence-electron chi connectivity index (χ0n) is 9.40. The number of nitrogens with one attached hydrogen (secondary N) is 1. The van der Waals surface area contributed by atoms with Gasteiger partial charge in [-0.3, -0.25) is 4.90 Å². The van der Waals surface area contributed by atoms with Crippen molar-refractivity contribution in [1.29, 1.82) is 0 Å². The fourth-order valence-corrected chi connectivity index (χ4v) is 1.50. The summed E-state index contributed by atoms with van der Waals surface area (Å²) < 4.78 is 0. The van der Waals surface area contributed by atoms with E-state index in [-0.39, 0.29) is 24.8 Å². The minimum Gasteiger partial charge on any atom is -0.348 e.